The van der Waals surface area contributed by atoms with Crippen LogP contribution in [0.4, 0.5) is 0 Å². The van der Waals surface area contributed by atoms with Crippen LogP contribution in [-0.4, -0.2) is 32.5 Å². The highest BCUT2D eigenvalue weighted by Gasteiger charge is 2.50. The molecule has 3 rings (SSSR count). The average Bonchev–Trinajstić information content (AvgIpc) is 2.83. The van der Waals surface area contributed by atoms with Gasteiger partial charge < -0.3 is 10.5 Å². The van der Waals surface area contributed by atoms with Crippen molar-refractivity contribution in [3.05, 3.63) is 12.2 Å². The van der Waals surface area contributed by atoms with Crippen molar-refractivity contribution < 1.29 is 4.74 Å². The molecule has 2 aliphatic heterocycles. The van der Waals surface area contributed by atoms with E-state index >= 15 is 0 Å². The molecule has 3 atom stereocenters. The number of rotatable bonds is 2. The standard InChI is InChI=1S/C10H16N4O/c1-14-9(12-6-13-14)5-10(11)4-7-2-3-8(10)15-7/h6-8H,2-5,11H2,1H3. The van der Waals surface area contributed by atoms with Crippen molar-refractivity contribution in [1.82, 2.24) is 14.8 Å². The summed E-state index contributed by atoms with van der Waals surface area (Å²) in [5.74, 6) is 0.952. The number of aryl methyl sites for hydroxylation is 1. The summed E-state index contributed by atoms with van der Waals surface area (Å²) in [6.45, 7) is 0. The number of ether oxygens (including phenoxy) is 1. The van der Waals surface area contributed by atoms with E-state index < -0.39 is 0 Å². The molecule has 0 saturated carbocycles. The molecule has 0 aliphatic carbocycles. The second-order valence-corrected chi connectivity index (χ2v) is 4.74. The lowest BCUT2D eigenvalue weighted by Crippen LogP contribution is -2.51. The highest BCUT2D eigenvalue weighted by molar-refractivity contribution is 5.09. The van der Waals surface area contributed by atoms with Gasteiger partial charge >= 0.3 is 0 Å². The Hall–Kier alpha value is -0.940. The predicted molar refractivity (Wildman–Crippen MR) is 54.1 cm³/mol. The third kappa shape index (κ3) is 1.38. The summed E-state index contributed by atoms with van der Waals surface area (Å²) in [5.41, 5.74) is 6.18. The Kier molecular flexibility index (Phi) is 1.87. The quantitative estimate of drug-likeness (QED) is 0.743. The molecule has 2 saturated heterocycles. The van der Waals surface area contributed by atoms with Crippen LogP contribution in [-0.2, 0) is 18.2 Å². The van der Waals surface area contributed by atoms with E-state index in [0.717, 1.165) is 25.1 Å². The molecule has 5 heteroatoms. The molecule has 1 aromatic rings. The van der Waals surface area contributed by atoms with E-state index in [1.165, 1.54) is 6.42 Å². The van der Waals surface area contributed by atoms with Crippen molar-refractivity contribution in [1.29, 1.82) is 0 Å². The molecule has 2 aliphatic rings. The second-order valence-electron chi connectivity index (χ2n) is 4.74. The van der Waals surface area contributed by atoms with Crippen LogP contribution < -0.4 is 5.73 Å². The molecule has 2 N–H and O–H groups in total. The van der Waals surface area contributed by atoms with E-state index in [0.29, 0.717) is 6.10 Å². The van der Waals surface area contributed by atoms with E-state index in [-0.39, 0.29) is 11.6 Å². The van der Waals surface area contributed by atoms with Gasteiger partial charge in [0.15, 0.2) is 0 Å². The van der Waals surface area contributed by atoms with Gasteiger partial charge in [0.1, 0.15) is 12.2 Å². The maximum atomic E-state index is 6.40. The minimum Gasteiger partial charge on any atom is -0.373 e. The van der Waals surface area contributed by atoms with Gasteiger partial charge in [-0.05, 0) is 19.3 Å². The Morgan fingerprint density at radius 1 is 1.67 bits per heavy atom. The number of hydrogen-bond donors (Lipinski definition) is 1. The first kappa shape index (κ1) is 9.30. The van der Waals surface area contributed by atoms with Crippen LogP contribution in [0.25, 0.3) is 0 Å². The lowest BCUT2D eigenvalue weighted by atomic mass is 9.80. The first-order chi connectivity index (χ1) is 7.17. The van der Waals surface area contributed by atoms with Gasteiger partial charge in [0.05, 0.1) is 17.7 Å². The van der Waals surface area contributed by atoms with Crippen LogP contribution in [0.15, 0.2) is 6.33 Å². The summed E-state index contributed by atoms with van der Waals surface area (Å²) < 4.78 is 7.59. The van der Waals surface area contributed by atoms with Gasteiger partial charge in [-0.1, -0.05) is 0 Å². The highest BCUT2D eigenvalue weighted by atomic mass is 16.5. The molecular formula is C10H16N4O. The monoisotopic (exact) mass is 208 g/mol. The van der Waals surface area contributed by atoms with Crippen LogP contribution in [0.5, 0.6) is 0 Å². The maximum absolute atomic E-state index is 6.40. The van der Waals surface area contributed by atoms with E-state index in [1.54, 1.807) is 11.0 Å². The highest BCUT2D eigenvalue weighted by Crippen LogP contribution is 2.41. The van der Waals surface area contributed by atoms with Crippen molar-refractivity contribution in [2.24, 2.45) is 12.8 Å². The summed E-state index contributed by atoms with van der Waals surface area (Å²) in [6.07, 6.45) is 6.18. The zero-order chi connectivity index (χ0) is 10.5. The lowest BCUT2D eigenvalue weighted by Gasteiger charge is -2.30. The smallest absolute Gasteiger partial charge is 0.138 e. The van der Waals surface area contributed by atoms with Gasteiger partial charge in [0.25, 0.3) is 0 Å². The Balaban J connectivity index is 1.81. The summed E-state index contributed by atoms with van der Waals surface area (Å²) >= 11 is 0. The van der Waals surface area contributed by atoms with Crippen molar-refractivity contribution in [2.45, 2.75) is 43.4 Å². The van der Waals surface area contributed by atoms with Crippen LogP contribution in [0, 0.1) is 0 Å². The average molecular weight is 208 g/mol. The Labute approximate surface area is 88.6 Å². The third-order valence-corrected chi connectivity index (χ3v) is 3.65. The summed E-state index contributed by atoms with van der Waals surface area (Å²) in [6, 6.07) is 0. The predicted octanol–water partition coefficient (Wildman–Crippen LogP) is 0.00640. The zero-order valence-electron chi connectivity index (χ0n) is 8.89. The fourth-order valence-corrected chi connectivity index (χ4v) is 2.79. The second kappa shape index (κ2) is 3.02. The van der Waals surface area contributed by atoms with Crippen molar-refractivity contribution in [3.63, 3.8) is 0 Å². The van der Waals surface area contributed by atoms with Gasteiger partial charge in [0, 0.05) is 13.5 Å². The van der Waals surface area contributed by atoms with E-state index in [1.807, 2.05) is 7.05 Å². The molecule has 2 bridgehead atoms. The first-order valence-corrected chi connectivity index (χ1v) is 5.44. The van der Waals surface area contributed by atoms with Crippen LogP contribution in [0.2, 0.25) is 0 Å². The van der Waals surface area contributed by atoms with Crippen LogP contribution in [0.1, 0.15) is 25.1 Å². The molecule has 82 valence electrons. The molecule has 15 heavy (non-hydrogen) atoms. The summed E-state index contributed by atoms with van der Waals surface area (Å²) in [7, 11) is 1.90. The molecule has 5 nitrogen and oxygen atoms in total. The topological polar surface area (TPSA) is 66.0 Å². The molecule has 0 radical (unpaired) electrons. The molecule has 0 aromatic carbocycles. The van der Waals surface area contributed by atoms with Gasteiger partial charge in [0.2, 0.25) is 0 Å². The number of aromatic nitrogens is 3. The molecule has 1 aromatic heterocycles. The fourth-order valence-electron chi connectivity index (χ4n) is 2.79. The Morgan fingerprint density at radius 3 is 3.07 bits per heavy atom. The molecule has 3 heterocycles. The van der Waals surface area contributed by atoms with Gasteiger partial charge in [-0.2, -0.15) is 5.10 Å². The van der Waals surface area contributed by atoms with Gasteiger partial charge in [-0.25, -0.2) is 4.98 Å². The SMILES string of the molecule is Cn1ncnc1CC1(N)CC2CCC1O2. The van der Waals surface area contributed by atoms with Crippen molar-refractivity contribution in [3.8, 4) is 0 Å². The largest absolute Gasteiger partial charge is 0.373 e. The maximum Gasteiger partial charge on any atom is 0.138 e. The van der Waals surface area contributed by atoms with Crippen molar-refractivity contribution in [2.75, 3.05) is 0 Å². The van der Waals surface area contributed by atoms with Crippen molar-refractivity contribution >= 4 is 0 Å². The summed E-state index contributed by atoms with van der Waals surface area (Å²) in [4.78, 5) is 4.22. The first-order valence-electron chi connectivity index (χ1n) is 5.44. The number of nitrogens with two attached hydrogens (primary N) is 1. The van der Waals surface area contributed by atoms with Gasteiger partial charge in [-0.3, -0.25) is 4.68 Å². The minimum absolute atomic E-state index is 0.219. The molecule has 0 amide bonds. The Morgan fingerprint density at radius 2 is 2.53 bits per heavy atom. The van der Waals surface area contributed by atoms with E-state index in [9.17, 15) is 0 Å². The molecular weight excluding hydrogens is 192 g/mol. The van der Waals surface area contributed by atoms with E-state index in [2.05, 4.69) is 10.1 Å². The normalized spacial score (nSPS) is 38.8. The Bertz CT molecular complexity index is 377. The molecule has 3 unspecified atom stereocenters. The molecule has 2 fully saturated rings. The minimum atomic E-state index is -0.219. The number of nitrogens with zero attached hydrogens (tertiary/aromatic N) is 3. The van der Waals surface area contributed by atoms with E-state index in [4.69, 9.17) is 10.5 Å². The molecule has 0 spiro atoms. The van der Waals surface area contributed by atoms with Crippen LogP contribution in [0.3, 0.4) is 0 Å². The fraction of sp³-hybridized carbons (Fsp3) is 0.800. The summed E-state index contributed by atoms with van der Waals surface area (Å²) in [5, 5.41) is 4.06. The zero-order valence-corrected chi connectivity index (χ0v) is 8.89. The third-order valence-electron chi connectivity index (χ3n) is 3.65. The van der Waals surface area contributed by atoms with Gasteiger partial charge in [-0.15, -0.1) is 0 Å². The van der Waals surface area contributed by atoms with Crippen LogP contribution >= 0.6 is 0 Å². The number of fused-ring (bicyclic) bond motifs is 2. The lowest BCUT2D eigenvalue weighted by molar-refractivity contribution is 0.0851. The number of hydrogen-bond acceptors (Lipinski definition) is 4.